The molecule has 1 atom stereocenters. The standard InChI is InChI=1S/C17H13ClFN5OS/c1-9-14-15(11-4-3-10(19)7-12(11)18)26-8-13(25)22-16(14)24(23-9)17-20-5-2-6-21-17/h2-7,15H,8H2,1H3,(H,22,25). The first-order valence-electron chi connectivity index (χ1n) is 7.78. The maximum absolute atomic E-state index is 13.5. The molecule has 3 heterocycles. The zero-order valence-electron chi connectivity index (χ0n) is 13.6. The molecule has 132 valence electrons. The number of benzene rings is 1. The summed E-state index contributed by atoms with van der Waals surface area (Å²) < 4.78 is 15.0. The van der Waals surface area contributed by atoms with E-state index in [2.05, 4.69) is 20.4 Å². The number of amides is 1. The predicted molar refractivity (Wildman–Crippen MR) is 98.2 cm³/mol. The molecule has 1 aromatic carbocycles. The normalized spacial score (nSPS) is 16.7. The molecule has 6 nitrogen and oxygen atoms in total. The lowest BCUT2D eigenvalue weighted by Gasteiger charge is -2.16. The van der Waals surface area contributed by atoms with Crippen molar-refractivity contribution in [2.75, 3.05) is 11.1 Å². The molecule has 0 fully saturated rings. The Hall–Kier alpha value is -2.45. The van der Waals surface area contributed by atoms with Crippen LogP contribution in [0.5, 0.6) is 0 Å². The van der Waals surface area contributed by atoms with Gasteiger partial charge in [0.05, 0.1) is 16.7 Å². The van der Waals surface area contributed by atoms with Crippen molar-refractivity contribution < 1.29 is 9.18 Å². The fourth-order valence-electron chi connectivity index (χ4n) is 2.89. The van der Waals surface area contributed by atoms with Gasteiger partial charge in [0.1, 0.15) is 11.6 Å². The van der Waals surface area contributed by atoms with Gasteiger partial charge in [0.2, 0.25) is 5.91 Å². The van der Waals surface area contributed by atoms with Gasteiger partial charge in [-0.15, -0.1) is 11.8 Å². The zero-order valence-corrected chi connectivity index (χ0v) is 15.2. The van der Waals surface area contributed by atoms with Gasteiger partial charge in [-0.3, -0.25) is 4.79 Å². The molecule has 9 heteroatoms. The van der Waals surface area contributed by atoms with Crippen LogP contribution in [0.1, 0.15) is 22.1 Å². The van der Waals surface area contributed by atoms with Crippen molar-refractivity contribution >= 4 is 35.1 Å². The molecule has 1 aliphatic rings. The first kappa shape index (κ1) is 17.0. The molecule has 0 aliphatic carbocycles. The van der Waals surface area contributed by atoms with Crippen LogP contribution in [0.25, 0.3) is 5.95 Å². The molecule has 26 heavy (non-hydrogen) atoms. The Morgan fingerprint density at radius 3 is 2.85 bits per heavy atom. The average Bonchev–Trinajstić information content (AvgIpc) is 2.83. The van der Waals surface area contributed by atoms with Crippen LogP contribution in [0.15, 0.2) is 36.7 Å². The van der Waals surface area contributed by atoms with Crippen LogP contribution >= 0.6 is 23.4 Å². The maximum atomic E-state index is 13.5. The van der Waals surface area contributed by atoms with E-state index in [0.29, 0.717) is 22.5 Å². The van der Waals surface area contributed by atoms with Crippen molar-refractivity contribution in [1.29, 1.82) is 0 Å². The second kappa shape index (κ2) is 6.69. The SMILES string of the molecule is Cc1nn(-c2ncccn2)c2c1C(c1ccc(F)cc1Cl)SCC(=O)N2. The third kappa shape index (κ3) is 2.95. The second-order valence-electron chi connectivity index (χ2n) is 5.71. The monoisotopic (exact) mass is 389 g/mol. The molecule has 1 aliphatic heterocycles. The molecule has 4 rings (SSSR count). The van der Waals surface area contributed by atoms with Crippen LogP contribution < -0.4 is 5.32 Å². The molecule has 1 unspecified atom stereocenters. The summed E-state index contributed by atoms with van der Waals surface area (Å²) in [5.74, 6) is 0.537. The average molecular weight is 390 g/mol. The molecule has 1 amide bonds. The zero-order chi connectivity index (χ0) is 18.3. The number of anilines is 1. The molecule has 0 radical (unpaired) electrons. The van der Waals surface area contributed by atoms with Gasteiger partial charge in [0.25, 0.3) is 5.95 Å². The van der Waals surface area contributed by atoms with Crippen LogP contribution in [-0.2, 0) is 4.79 Å². The van der Waals surface area contributed by atoms with Gasteiger partial charge < -0.3 is 5.32 Å². The molecular formula is C17H13ClFN5OS. The highest BCUT2D eigenvalue weighted by Gasteiger charge is 2.32. The summed E-state index contributed by atoms with van der Waals surface area (Å²) in [5.41, 5.74) is 2.25. The minimum atomic E-state index is -0.406. The molecule has 0 spiro atoms. The Bertz CT molecular complexity index is 994. The third-order valence-corrected chi connectivity index (χ3v) is 5.57. The summed E-state index contributed by atoms with van der Waals surface area (Å²) in [6.45, 7) is 1.85. The molecule has 3 aromatic rings. The lowest BCUT2D eigenvalue weighted by atomic mass is 10.0. The summed E-state index contributed by atoms with van der Waals surface area (Å²) in [4.78, 5) is 20.7. The quantitative estimate of drug-likeness (QED) is 0.725. The number of nitrogens with one attached hydrogen (secondary N) is 1. The Kier molecular flexibility index (Phi) is 4.37. The topological polar surface area (TPSA) is 72.7 Å². The minimum absolute atomic E-state index is 0.158. The van der Waals surface area contributed by atoms with Gasteiger partial charge in [-0.05, 0) is 30.7 Å². The van der Waals surface area contributed by atoms with E-state index in [1.165, 1.54) is 28.6 Å². The van der Waals surface area contributed by atoms with Crippen molar-refractivity contribution in [2.45, 2.75) is 12.2 Å². The van der Waals surface area contributed by atoms with E-state index in [1.54, 1.807) is 24.5 Å². The Labute approximate surface area is 157 Å². The smallest absolute Gasteiger partial charge is 0.252 e. The van der Waals surface area contributed by atoms with E-state index in [0.717, 1.165) is 11.1 Å². The van der Waals surface area contributed by atoms with Crippen LogP contribution in [-0.4, -0.2) is 31.4 Å². The molecule has 0 saturated heterocycles. The third-order valence-electron chi connectivity index (χ3n) is 3.99. The minimum Gasteiger partial charge on any atom is -0.309 e. The number of fused-ring (bicyclic) bond motifs is 1. The van der Waals surface area contributed by atoms with E-state index < -0.39 is 5.82 Å². The van der Waals surface area contributed by atoms with E-state index in [-0.39, 0.29) is 16.9 Å². The van der Waals surface area contributed by atoms with E-state index >= 15 is 0 Å². The fraction of sp³-hybridized carbons (Fsp3) is 0.176. The number of carbonyl (C=O) groups excluding carboxylic acids is 1. The first-order valence-corrected chi connectivity index (χ1v) is 9.20. The molecule has 0 bridgehead atoms. The largest absolute Gasteiger partial charge is 0.309 e. The number of aromatic nitrogens is 4. The van der Waals surface area contributed by atoms with Crippen molar-refractivity contribution in [1.82, 2.24) is 19.7 Å². The van der Waals surface area contributed by atoms with Crippen molar-refractivity contribution in [2.24, 2.45) is 0 Å². The van der Waals surface area contributed by atoms with Crippen molar-refractivity contribution in [3.8, 4) is 5.95 Å². The lowest BCUT2D eigenvalue weighted by Crippen LogP contribution is -2.16. The molecular weight excluding hydrogens is 377 g/mol. The number of carbonyl (C=O) groups is 1. The Balaban J connectivity index is 1.91. The number of nitrogens with zero attached hydrogens (tertiary/aromatic N) is 4. The van der Waals surface area contributed by atoms with Gasteiger partial charge in [0.15, 0.2) is 0 Å². The van der Waals surface area contributed by atoms with Gasteiger partial charge in [-0.2, -0.15) is 9.78 Å². The van der Waals surface area contributed by atoms with Crippen LogP contribution in [0.3, 0.4) is 0 Å². The van der Waals surface area contributed by atoms with Crippen molar-refractivity contribution in [3.63, 3.8) is 0 Å². The van der Waals surface area contributed by atoms with Crippen LogP contribution in [0, 0.1) is 12.7 Å². The van der Waals surface area contributed by atoms with Gasteiger partial charge in [-0.1, -0.05) is 17.7 Å². The van der Waals surface area contributed by atoms with Gasteiger partial charge in [0, 0.05) is 23.0 Å². The summed E-state index contributed by atoms with van der Waals surface area (Å²) in [5, 5.41) is 7.43. The van der Waals surface area contributed by atoms with Gasteiger partial charge in [-0.25, -0.2) is 14.4 Å². The lowest BCUT2D eigenvalue weighted by molar-refractivity contribution is -0.113. The molecule has 1 N–H and O–H groups in total. The van der Waals surface area contributed by atoms with E-state index in [4.69, 9.17) is 11.6 Å². The Morgan fingerprint density at radius 1 is 1.35 bits per heavy atom. The summed E-state index contributed by atoms with van der Waals surface area (Å²) in [7, 11) is 0. The maximum Gasteiger partial charge on any atom is 0.252 e. The van der Waals surface area contributed by atoms with Crippen molar-refractivity contribution in [3.05, 3.63) is 64.3 Å². The van der Waals surface area contributed by atoms with Crippen LogP contribution in [0.2, 0.25) is 5.02 Å². The number of aryl methyl sites for hydroxylation is 1. The highest BCUT2D eigenvalue weighted by molar-refractivity contribution is 8.00. The number of hydrogen-bond acceptors (Lipinski definition) is 5. The molecule has 0 saturated carbocycles. The highest BCUT2D eigenvalue weighted by atomic mass is 35.5. The van der Waals surface area contributed by atoms with E-state index in [9.17, 15) is 9.18 Å². The van der Waals surface area contributed by atoms with Crippen LogP contribution in [0.4, 0.5) is 10.2 Å². The number of thioether (sulfide) groups is 1. The summed E-state index contributed by atoms with van der Waals surface area (Å²) >= 11 is 7.70. The predicted octanol–water partition coefficient (Wildman–Crippen LogP) is 3.54. The number of hydrogen-bond donors (Lipinski definition) is 1. The fourth-order valence-corrected chi connectivity index (χ4v) is 4.45. The first-order chi connectivity index (χ1) is 12.5. The number of halogens is 2. The van der Waals surface area contributed by atoms with E-state index in [1.807, 2.05) is 6.92 Å². The highest BCUT2D eigenvalue weighted by Crippen LogP contribution is 2.45. The molecule has 2 aromatic heterocycles. The number of rotatable bonds is 2. The van der Waals surface area contributed by atoms with Gasteiger partial charge >= 0.3 is 0 Å². The summed E-state index contributed by atoms with van der Waals surface area (Å²) in [6, 6.07) is 5.98. The summed E-state index contributed by atoms with van der Waals surface area (Å²) in [6.07, 6.45) is 3.21. The second-order valence-corrected chi connectivity index (χ2v) is 7.21. The Morgan fingerprint density at radius 2 is 2.12 bits per heavy atom.